The van der Waals surface area contributed by atoms with Crippen LogP contribution in [0.2, 0.25) is 5.02 Å². The van der Waals surface area contributed by atoms with Crippen molar-refractivity contribution in [2.24, 2.45) is 0 Å². The minimum Gasteiger partial charge on any atom is -0.268 e. The van der Waals surface area contributed by atoms with E-state index in [1.54, 1.807) is 12.1 Å². The van der Waals surface area contributed by atoms with Crippen LogP contribution in [-0.2, 0) is 10.2 Å². The van der Waals surface area contributed by atoms with Gasteiger partial charge in [-0.1, -0.05) is 17.7 Å². The summed E-state index contributed by atoms with van der Waals surface area (Å²) in [6.45, 7) is 0.913. The molecule has 1 aliphatic rings. The van der Waals surface area contributed by atoms with Crippen molar-refractivity contribution in [2.45, 2.75) is 12.8 Å². The summed E-state index contributed by atoms with van der Waals surface area (Å²) >= 11 is 5.75. The third-order valence-electron chi connectivity index (χ3n) is 2.71. The normalized spacial score (nSPS) is 16.7. The fourth-order valence-corrected chi connectivity index (χ4v) is 3.21. The zero-order valence-corrected chi connectivity index (χ0v) is 11.2. The molecule has 1 saturated heterocycles. The van der Waals surface area contributed by atoms with Gasteiger partial charge in [-0.2, -0.15) is 12.7 Å². The standard InChI is InChI=1S/C11H13ClN2O3S/c12-10-5-3-4-9(8-10)11(15)13-18(16,17)14-6-1-2-7-14/h3-5,8H,1-2,6-7H2,(H,13,15). The highest BCUT2D eigenvalue weighted by atomic mass is 35.5. The number of halogens is 1. The Morgan fingerprint density at radius 2 is 1.94 bits per heavy atom. The molecule has 0 saturated carbocycles. The summed E-state index contributed by atoms with van der Waals surface area (Å²) in [7, 11) is -3.73. The Morgan fingerprint density at radius 3 is 2.56 bits per heavy atom. The summed E-state index contributed by atoms with van der Waals surface area (Å²) < 4.78 is 27.0. The molecule has 1 N–H and O–H groups in total. The van der Waals surface area contributed by atoms with Gasteiger partial charge in [0.1, 0.15) is 0 Å². The van der Waals surface area contributed by atoms with Crippen LogP contribution in [-0.4, -0.2) is 31.7 Å². The van der Waals surface area contributed by atoms with Gasteiger partial charge in [0.15, 0.2) is 0 Å². The molecule has 2 rings (SSSR count). The Labute approximate surface area is 111 Å². The minimum absolute atomic E-state index is 0.227. The lowest BCUT2D eigenvalue weighted by Gasteiger charge is -2.15. The third kappa shape index (κ3) is 3.01. The Hall–Kier alpha value is -1.11. The number of amides is 1. The molecule has 0 bridgehead atoms. The molecule has 98 valence electrons. The first-order valence-corrected chi connectivity index (χ1v) is 7.38. The summed E-state index contributed by atoms with van der Waals surface area (Å²) in [5.74, 6) is -0.663. The van der Waals surface area contributed by atoms with E-state index < -0.39 is 16.1 Å². The van der Waals surface area contributed by atoms with Crippen LogP contribution in [0, 0.1) is 0 Å². The van der Waals surface area contributed by atoms with Crippen molar-refractivity contribution in [3.05, 3.63) is 34.9 Å². The van der Waals surface area contributed by atoms with Gasteiger partial charge in [-0.3, -0.25) is 4.79 Å². The van der Waals surface area contributed by atoms with Crippen molar-refractivity contribution in [3.8, 4) is 0 Å². The van der Waals surface area contributed by atoms with Crippen LogP contribution >= 0.6 is 11.6 Å². The fourth-order valence-electron chi connectivity index (χ4n) is 1.80. The third-order valence-corrected chi connectivity index (χ3v) is 4.44. The van der Waals surface area contributed by atoms with Crippen LogP contribution in [0.25, 0.3) is 0 Å². The maximum absolute atomic E-state index is 11.9. The maximum Gasteiger partial charge on any atom is 0.304 e. The Bertz CT molecular complexity index is 553. The van der Waals surface area contributed by atoms with Crippen molar-refractivity contribution in [1.82, 2.24) is 9.03 Å². The molecule has 1 aliphatic heterocycles. The first kappa shape index (κ1) is 13.3. The molecule has 7 heteroatoms. The van der Waals surface area contributed by atoms with Crippen LogP contribution in [0.4, 0.5) is 0 Å². The van der Waals surface area contributed by atoms with E-state index in [9.17, 15) is 13.2 Å². The average Bonchev–Trinajstić information content (AvgIpc) is 2.82. The van der Waals surface area contributed by atoms with E-state index in [4.69, 9.17) is 11.6 Å². The zero-order valence-electron chi connectivity index (χ0n) is 9.60. The molecule has 0 atom stereocenters. The van der Waals surface area contributed by atoms with E-state index in [0.29, 0.717) is 18.1 Å². The Kier molecular flexibility index (Phi) is 3.89. The molecule has 5 nitrogen and oxygen atoms in total. The molecule has 0 aromatic heterocycles. The molecule has 0 unspecified atom stereocenters. The second kappa shape index (κ2) is 5.26. The number of nitrogens with one attached hydrogen (secondary N) is 1. The second-order valence-corrected chi connectivity index (χ2v) is 6.16. The van der Waals surface area contributed by atoms with Gasteiger partial charge in [-0.25, -0.2) is 4.72 Å². The van der Waals surface area contributed by atoms with E-state index in [0.717, 1.165) is 12.8 Å². The molecule has 1 heterocycles. The topological polar surface area (TPSA) is 66.5 Å². The molecule has 1 aromatic rings. The molecule has 0 spiro atoms. The quantitative estimate of drug-likeness (QED) is 0.914. The molecule has 1 aromatic carbocycles. The van der Waals surface area contributed by atoms with E-state index in [1.165, 1.54) is 16.4 Å². The van der Waals surface area contributed by atoms with Gasteiger partial charge in [0.2, 0.25) is 0 Å². The predicted molar refractivity (Wildman–Crippen MR) is 68.6 cm³/mol. The Balaban J connectivity index is 2.11. The molecule has 1 fully saturated rings. The van der Waals surface area contributed by atoms with Crippen LogP contribution in [0.1, 0.15) is 23.2 Å². The van der Waals surface area contributed by atoms with Crippen LogP contribution in [0.15, 0.2) is 24.3 Å². The predicted octanol–water partition coefficient (Wildman–Crippen LogP) is 1.41. The van der Waals surface area contributed by atoms with Gasteiger partial charge in [0.05, 0.1) is 0 Å². The number of benzene rings is 1. The van der Waals surface area contributed by atoms with E-state index in [2.05, 4.69) is 0 Å². The van der Waals surface area contributed by atoms with Gasteiger partial charge in [0.25, 0.3) is 5.91 Å². The number of carbonyl (C=O) groups is 1. The molecular formula is C11H13ClN2O3S. The highest BCUT2D eigenvalue weighted by Crippen LogP contribution is 2.13. The molecule has 18 heavy (non-hydrogen) atoms. The first-order chi connectivity index (χ1) is 8.49. The van der Waals surface area contributed by atoms with Gasteiger partial charge in [-0.05, 0) is 31.0 Å². The van der Waals surface area contributed by atoms with Gasteiger partial charge in [0, 0.05) is 23.7 Å². The number of nitrogens with zero attached hydrogens (tertiary/aromatic N) is 1. The number of carbonyl (C=O) groups excluding carboxylic acids is 1. The number of rotatable bonds is 3. The SMILES string of the molecule is O=C(NS(=O)(=O)N1CCCC1)c1cccc(Cl)c1. The highest BCUT2D eigenvalue weighted by molar-refractivity contribution is 7.87. The highest BCUT2D eigenvalue weighted by Gasteiger charge is 2.27. The lowest BCUT2D eigenvalue weighted by molar-refractivity contribution is 0.0979. The van der Waals surface area contributed by atoms with E-state index >= 15 is 0 Å². The monoisotopic (exact) mass is 288 g/mol. The van der Waals surface area contributed by atoms with Crippen molar-refractivity contribution < 1.29 is 13.2 Å². The lowest BCUT2D eigenvalue weighted by atomic mass is 10.2. The van der Waals surface area contributed by atoms with E-state index in [-0.39, 0.29) is 5.56 Å². The first-order valence-electron chi connectivity index (χ1n) is 5.57. The smallest absolute Gasteiger partial charge is 0.268 e. The molecule has 0 aliphatic carbocycles. The largest absolute Gasteiger partial charge is 0.304 e. The van der Waals surface area contributed by atoms with Gasteiger partial charge >= 0.3 is 10.2 Å². The van der Waals surface area contributed by atoms with Crippen molar-refractivity contribution >= 4 is 27.7 Å². The summed E-state index contributed by atoms with van der Waals surface area (Å²) in [5, 5.41) is 0.390. The van der Waals surface area contributed by atoms with Crippen molar-refractivity contribution in [3.63, 3.8) is 0 Å². The van der Waals surface area contributed by atoms with E-state index in [1.807, 2.05) is 4.72 Å². The van der Waals surface area contributed by atoms with Crippen LogP contribution in [0.3, 0.4) is 0 Å². The van der Waals surface area contributed by atoms with Crippen LogP contribution < -0.4 is 4.72 Å². The minimum atomic E-state index is -3.73. The number of hydrogen-bond donors (Lipinski definition) is 1. The van der Waals surface area contributed by atoms with Gasteiger partial charge in [-0.15, -0.1) is 0 Å². The summed E-state index contributed by atoms with van der Waals surface area (Å²) in [4.78, 5) is 11.8. The average molecular weight is 289 g/mol. The number of hydrogen-bond acceptors (Lipinski definition) is 3. The summed E-state index contributed by atoms with van der Waals surface area (Å²) in [6, 6.07) is 6.16. The summed E-state index contributed by atoms with van der Waals surface area (Å²) in [6.07, 6.45) is 1.65. The fraction of sp³-hybridized carbons (Fsp3) is 0.364. The second-order valence-electron chi connectivity index (χ2n) is 4.05. The zero-order chi connectivity index (χ0) is 13.2. The maximum atomic E-state index is 11.9. The molecule has 1 amide bonds. The van der Waals surface area contributed by atoms with Crippen LogP contribution in [0.5, 0.6) is 0 Å². The Morgan fingerprint density at radius 1 is 1.28 bits per heavy atom. The summed E-state index contributed by atoms with van der Waals surface area (Å²) in [5.41, 5.74) is 0.227. The lowest BCUT2D eigenvalue weighted by Crippen LogP contribution is -2.42. The molecule has 0 radical (unpaired) electrons. The van der Waals surface area contributed by atoms with Gasteiger partial charge < -0.3 is 0 Å². The van der Waals surface area contributed by atoms with Crippen molar-refractivity contribution in [1.29, 1.82) is 0 Å². The van der Waals surface area contributed by atoms with Crippen molar-refractivity contribution in [2.75, 3.05) is 13.1 Å². The molecular weight excluding hydrogens is 276 g/mol.